The molecule has 3 heterocycles. The molecule has 0 aromatic carbocycles. The van der Waals surface area contributed by atoms with E-state index in [1.165, 1.54) is 6.07 Å². The Morgan fingerprint density at radius 3 is 2.61 bits per heavy atom. The fraction of sp³-hybridized carbons (Fsp3) is 0.300. The molecule has 0 aliphatic heterocycles. The average Bonchev–Trinajstić information content (AvgIpc) is 3.09. The van der Waals surface area contributed by atoms with Gasteiger partial charge in [0.2, 0.25) is 15.0 Å². The molecular weight excluding hydrogens is 375 g/mol. The third kappa shape index (κ3) is 3.22. The van der Waals surface area contributed by atoms with Gasteiger partial charge >= 0.3 is 6.18 Å². The van der Waals surface area contributed by atoms with E-state index in [9.17, 15) is 21.6 Å². The number of halogens is 3. The van der Waals surface area contributed by atoms with Gasteiger partial charge in [0.05, 0.1) is 6.54 Å². The molecule has 3 rings (SSSR count). The molecule has 0 unspecified atom stereocenters. The van der Waals surface area contributed by atoms with Crippen LogP contribution in [0.2, 0.25) is 0 Å². The van der Waals surface area contributed by atoms with Gasteiger partial charge in [-0.05, 0) is 19.1 Å². The molecule has 3 aromatic heterocycles. The molecule has 0 bridgehead atoms. The third-order valence-electron chi connectivity index (χ3n) is 2.68. The lowest BCUT2D eigenvalue weighted by molar-refractivity contribution is -0.146. The number of aromatic nitrogens is 4. The summed E-state index contributed by atoms with van der Waals surface area (Å²) in [5, 5.41) is 10.3. The molecule has 0 saturated carbocycles. The summed E-state index contributed by atoms with van der Waals surface area (Å²) < 4.78 is 65.2. The topological polar surface area (TPSA) is 89.2 Å². The number of rotatable bonds is 4. The van der Waals surface area contributed by atoms with Crippen LogP contribution in [0.15, 0.2) is 16.3 Å². The van der Waals surface area contributed by atoms with E-state index in [0.29, 0.717) is 4.52 Å². The molecule has 0 aliphatic carbocycles. The van der Waals surface area contributed by atoms with E-state index in [1.54, 1.807) is 13.0 Å². The van der Waals surface area contributed by atoms with Crippen LogP contribution >= 0.6 is 22.7 Å². The summed E-state index contributed by atoms with van der Waals surface area (Å²) in [7, 11) is -3.73. The van der Waals surface area contributed by atoms with Crippen molar-refractivity contribution in [3.05, 3.63) is 27.8 Å². The number of alkyl halides is 3. The van der Waals surface area contributed by atoms with Crippen molar-refractivity contribution >= 4 is 37.7 Å². The lowest BCUT2D eigenvalue weighted by Crippen LogP contribution is -2.22. The maximum Gasteiger partial charge on any atom is 0.453 e. The van der Waals surface area contributed by atoms with E-state index in [-0.39, 0.29) is 20.7 Å². The second-order valence-corrected chi connectivity index (χ2v) is 8.72. The highest BCUT2D eigenvalue weighted by atomic mass is 32.2. The molecule has 0 fully saturated rings. The number of nitrogens with zero attached hydrogens (tertiary/aromatic N) is 4. The standard InChI is InChI=1S/C10H8F3N5O2S3/c1-5-2-3-7(21-5)23(19,20)14-4-6-17-18-8(10(11,12)13)15-16-9(18)22-6/h2-3,14H,4H2,1H3. The van der Waals surface area contributed by atoms with E-state index in [1.807, 2.05) is 0 Å². The SMILES string of the molecule is Cc1ccc(S(=O)(=O)NCc2nn3c(C(F)(F)F)nnc3s2)s1. The van der Waals surface area contributed by atoms with Crippen LogP contribution in [0.1, 0.15) is 15.7 Å². The number of nitrogens with one attached hydrogen (secondary N) is 1. The first-order valence-electron chi connectivity index (χ1n) is 6.01. The third-order valence-corrected chi connectivity index (χ3v) is 6.47. The maximum absolute atomic E-state index is 12.7. The molecule has 0 amide bonds. The molecule has 0 spiro atoms. The predicted octanol–water partition coefficient (Wildman–Crippen LogP) is 2.05. The summed E-state index contributed by atoms with van der Waals surface area (Å²) in [6, 6.07) is 3.13. The molecule has 13 heteroatoms. The first kappa shape index (κ1) is 16.3. The van der Waals surface area contributed by atoms with E-state index in [4.69, 9.17) is 0 Å². The zero-order valence-corrected chi connectivity index (χ0v) is 13.8. The van der Waals surface area contributed by atoms with Gasteiger partial charge in [-0.1, -0.05) is 11.3 Å². The fourth-order valence-electron chi connectivity index (χ4n) is 1.69. The van der Waals surface area contributed by atoms with Gasteiger partial charge in [0.25, 0.3) is 5.82 Å². The van der Waals surface area contributed by atoms with Gasteiger partial charge in [0.15, 0.2) is 0 Å². The van der Waals surface area contributed by atoms with Crippen LogP contribution in [0, 0.1) is 6.92 Å². The zero-order valence-electron chi connectivity index (χ0n) is 11.3. The van der Waals surface area contributed by atoms with Gasteiger partial charge in [0.1, 0.15) is 9.22 Å². The molecule has 1 N–H and O–H groups in total. The minimum atomic E-state index is -4.68. The Kier molecular flexibility index (Phi) is 3.90. The minimum Gasteiger partial charge on any atom is -0.206 e. The van der Waals surface area contributed by atoms with Crippen molar-refractivity contribution in [2.45, 2.75) is 23.9 Å². The Hall–Kier alpha value is -1.57. The van der Waals surface area contributed by atoms with Gasteiger partial charge in [-0.15, -0.1) is 21.5 Å². The Balaban J connectivity index is 1.81. The molecule has 23 heavy (non-hydrogen) atoms. The van der Waals surface area contributed by atoms with Gasteiger partial charge < -0.3 is 0 Å². The molecule has 124 valence electrons. The van der Waals surface area contributed by atoms with E-state index >= 15 is 0 Å². The zero-order chi connectivity index (χ0) is 16.8. The molecule has 0 radical (unpaired) electrons. The van der Waals surface area contributed by atoms with Crippen LogP contribution in [-0.4, -0.2) is 28.2 Å². The number of thiophene rings is 1. The summed E-state index contributed by atoms with van der Waals surface area (Å²) in [6.45, 7) is 1.54. The number of hydrogen-bond donors (Lipinski definition) is 1. The number of sulfonamides is 1. The van der Waals surface area contributed by atoms with Crippen LogP contribution < -0.4 is 4.72 Å². The van der Waals surface area contributed by atoms with Crippen molar-refractivity contribution in [1.82, 2.24) is 24.5 Å². The first-order chi connectivity index (χ1) is 10.7. The highest BCUT2D eigenvalue weighted by Gasteiger charge is 2.38. The van der Waals surface area contributed by atoms with E-state index in [2.05, 4.69) is 20.0 Å². The maximum atomic E-state index is 12.7. The lowest BCUT2D eigenvalue weighted by atomic mass is 10.5. The van der Waals surface area contributed by atoms with Crippen molar-refractivity contribution in [3.8, 4) is 0 Å². The second kappa shape index (κ2) is 5.51. The molecule has 3 aromatic rings. The van der Waals surface area contributed by atoms with Crippen molar-refractivity contribution in [1.29, 1.82) is 0 Å². The molecular formula is C10H8F3N5O2S3. The quantitative estimate of drug-likeness (QED) is 0.745. The Bertz CT molecular complexity index is 956. The molecule has 0 atom stereocenters. The molecule has 0 aliphatic rings. The Labute approximate surface area is 135 Å². The van der Waals surface area contributed by atoms with Crippen LogP contribution in [0.5, 0.6) is 0 Å². The van der Waals surface area contributed by atoms with Crippen LogP contribution in [0.25, 0.3) is 4.96 Å². The highest BCUT2D eigenvalue weighted by molar-refractivity contribution is 7.91. The largest absolute Gasteiger partial charge is 0.453 e. The van der Waals surface area contributed by atoms with Crippen LogP contribution in [0.3, 0.4) is 0 Å². The summed E-state index contributed by atoms with van der Waals surface area (Å²) in [4.78, 5) is 0.775. The number of fused-ring (bicyclic) bond motifs is 1. The van der Waals surface area contributed by atoms with Crippen molar-refractivity contribution in [2.75, 3.05) is 0 Å². The fourth-order valence-corrected chi connectivity index (χ4v) is 4.87. The minimum absolute atomic E-state index is 0.0570. The molecule has 0 saturated heterocycles. The van der Waals surface area contributed by atoms with E-state index < -0.39 is 22.0 Å². The average molecular weight is 383 g/mol. The molecule has 7 nitrogen and oxygen atoms in total. The first-order valence-corrected chi connectivity index (χ1v) is 9.13. The highest BCUT2D eigenvalue weighted by Crippen LogP contribution is 2.29. The normalized spacial score (nSPS) is 13.0. The predicted molar refractivity (Wildman–Crippen MR) is 76.7 cm³/mol. The summed E-state index contributed by atoms with van der Waals surface area (Å²) in [5.74, 6) is -1.24. The van der Waals surface area contributed by atoms with Crippen molar-refractivity contribution in [2.24, 2.45) is 0 Å². The second-order valence-electron chi connectivity index (χ2n) is 4.40. The summed E-state index contributed by atoms with van der Waals surface area (Å²) in [6.07, 6.45) is -4.68. The number of hydrogen-bond acceptors (Lipinski definition) is 7. The van der Waals surface area contributed by atoms with E-state index in [0.717, 1.165) is 27.6 Å². The monoisotopic (exact) mass is 383 g/mol. The van der Waals surface area contributed by atoms with Crippen LogP contribution in [-0.2, 0) is 22.7 Å². The smallest absolute Gasteiger partial charge is 0.206 e. The Morgan fingerprint density at radius 1 is 1.26 bits per heavy atom. The summed E-state index contributed by atoms with van der Waals surface area (Å²) >= 11 is 1.93. The van der Waals surface area contributed by atoms with Crippen molar-refractivity contribution in [3.63, 3.8) is 0 Å². The van der Waals surface area contributed by atoms with Gasteiger partial charge in [-0.3, -0.25) is 0 Å². The van der Waals surface area contributed by atoms with Gasteiger partial charge in [-0.2, -0.15) is 22.8 Å². The lowest BCUT2D eigenvalue weighted by Gasteiger charge is -2.02. The van der Waals surface area contributed by atoms with Crippen LogP contribution in [0.4, 0.5) is 13.2 Å². The Morgan fingerprint density at radius 2 is 2.00 bits per heavy atom. The van der Waals surface area contributed by atoms with Gasteiger partial charge in [0, 0.05) is 4.88 Å². The van der Waals surface area contributed by atoms with Gasteiger partial charge in [-0.25, -0.2) is 13.1 Å². The number of aryl methyl sites for hydroxylation is 1. The van der Waals surface area contributed by atoms with Crippen molar-refractivity contribution < 1.29 is 21.6 Å². The summed E-state index contributed by atoms with van der Waals surface area (Å²) in [5.41, 5.74) is 0.